The van der Waals surface area contributed by atoms with Crippen molar-refractivity contribution in [3.05, 3.63) is 0 Å². The minimum Gasteiger partial charge on any atom is -0.303 e. The van der Waals surface area contributed by atoms with Gasteiger partial charge in [0.15, 0.2) is 0 Å². The lowest BCUT2D eigenvalue weighted by Crippen LogP contribution is -2.36. The number of carbonyl (C=O) groups excluding carboxylic acids is 1. The molecule has 1 saturated carbocycles. The van der Waals surface area contributed by atoms with Gasteiger partial charge in [0.1, 0.15) is 5.84 Å². The van der Waals surface area contributed by atoms with Crippen molar-refractivity contribution in [1.82, 2.24) is 4.90 Å². The molecule has 3 nitrogen and oxygen atoms in total. The van der Waals surface area contributed by atoms with Crippen LogP contribution < -0.4 is 0 Å². The largest absolute Gasteiger partial charge is 0.303 e. The van der Waals surface area contributed by atoms with E-state index in [0.717, 1.165) is 6.42 Å². The van der Waals surface area contributed by atoms with Crippen molar-refractivity contribution >= 4 is 23.3 Å². The van der Waals surface area contributed by atoms with Crippen molar-refractivity contribution in [3.8, 4) is 0 Å². The molecule has 1 aliphatic carbocycles. The van der Waals surface area contributed by atoms with Crippen molar-refractivity contribution in [1.29, 1.82) is 5.41 Å². The quantitative estimate of drug-likeness (QED) is 0.775. The Balaban J connectivity index is 2.09. The molecule has 1 atom stereocenters. The van der Waals surface area contributed by atoms with E-state index in [2.05, 4.69) is 0 Å². The molecular weight excluding hydrogens is 236 g/mol. The number of halogens is 1. The summed E-state index contributed by atoms with van der Waals surface area (Å²) in [6, 6.07) is 0. The zero-order valence-electron chi connectivity index (χ0n) is 10.5. The highest BCUT2D eigenvalue weighted by Gasteiger charge is 2.48. The third-order valence-corrected chi connectivity index (χ3v) is 4.84. The van der Waals surface area contributed by atoms with Crippen LogP contribution in [0.25, 0.3) is 0 Å². The van der Waals surface area contributed by atoms with Gasteiger partial charge < -0.3 is 4.90 Å². The third kappa shape index (κ3) is 2.35. The highest BCUT2D eigenvalue weighted by atomic mass is 35.5. The first-order valence-electron chi connectivity index (χ1n) is 6.50. The summed E-state index contributed by atoms with van der Waals surface area (Å²) in [5.41, 5.74) is -0.477. The first-order chi connectivity index (χ1) is 8.09. The molecule has 2 rings (SSSR count). The molecule has 2 fully saturated rings. The minimum atomic E-state index is -0.477. The Hall–Kier alpha value is -0.570. The van der Waals surface area contributed by atoms with Crippen LogP contribution in [0.15, 0.2) is 0 Å². The van der Waals surface area contributed by atoms with Gasteiger partial charge in [-0.2, -0.15) is 0 Å². The molecule has 1 N–H and O–H groups in total. The van der Waals surface area contributed by atoms with Gasteiger partial charge in [0.05, 0.1) is 5.41 Å². The molecule has 1 aliphatic heterocycles. The normalized spacial score (nSPS) is 31.3. The number of hydrogen-bond acceptors (Lipinski definition) is 2. The molecule has 1 saturated heterocycles. The van der Waals surface area contributed by atoms with Crippen LogP contribution in [0.5, 0.6) is 0 Å². The van der Waals surface area contributed by atoms with Crippen molar-refractivity contribution < 1.29 is 4.79 Å². The topological polar surface area (TPSA) is 44.2 Å². The lowest BCUT2D eigenvalue weighted by Gasteiger charge is -2.31. The van der Waals surface area contributed by atoms with Gasteiger partial charge in [-0.15, -0.1) is 11.6 Å². The Morgan fingerprint density at radius 1 is 1.41 bits per heavy atom. The van der Waals surface area contributed by atoms with Gasteiger partial charge in [0.25, 0.3) is 0 Å². The van der Waals surface area contributed by atoms with E-state index in [0.29, 0.717) is 24.1 Å². The smallest absolute Gasteiger partial charge is 0.235 e. The first-order valence-corrected chi connectivity index (χ1v) is 7.04. The van der Waals surface area contributed by atoms with Crippen LogP contribution in [-0.4, -0.2) is 29.6 Å². The van der Waals surface area contributed by atoms with E-state index in [1.165, 1.54) is 37.0 Å². The van der Waals surface area contributed by atoms with Gasteiger partial charge in [-0.25, -0.2) is 0 Å². The maximum Gasteiger partial charge on any atom is 0.235 e. The summed E-state index contributed by atoms with van der Waals surface area (Å²) in [4.78, 5) is 13.7. The highest BCUT2D eigenvalue weighted by molar-refractivity contribution is 6.22. The number of alkyl halides is 1. The summed E-state index contributed by atoms with van der Waals surface area (Å²) < 4.78 is 0. The molecule has 0 bridgehead atoms. The van der Waals surface area contributed by atoms with Crippen LogP contribution >= 0.6 is 11.6 Å². The molecule has 0 aromatic rings. The molecule has 4 heteroatoms. The fourth-order valence-electron chi connectivity index (χ4n) is 3.26. The second-order valence-electron chi connectivity index (χ2n) is 5.61. The monoisotopic (exact) mass is 256 g/mol. The van der Waals surface area contributed by atoms with Crippen LogP contribution in [0.3, 0.4) is 0 Å². The van der Waals surface area contributed by atoms with Crippen molar-refractivity contribution in [2.24, 2.45) is 11.3 Å². The van der Waals surface area contributed by atoms with Gasteiger partial charge >= 0.3 is 0 Å². The Kier molecular flexibility index (Phi) is 3.76. The third-order valence-electron chi connectivity index (χ3n) is 4.33. The first kappa shape index (κ1) is 12.9. The zero-order valence-corrected chi connectivity index (χ0v) is 11.2. The van der Waals surface area contributed by atoms with E-state index in [1.807, 2.05) is 0 Å². The summed E-state index contributed by atoms with van der Waals surface area (Å²) in [5, 5.41) is 7.81. The molecule has 1 heterocycles. The maximum atomic E-state index is 12.2. The zero-order chi connectivity index (χ0) is 12.5. The summed E-state index contributed by atoms with van der Waals surface area (Å²) in [5.74, 6) is 1.47. The number of nitrogens with zero attached hydrogens (tertiary/aromatic N) is 1. The summed E-state index contributed by atoms with van der Waals surface area (Å²) >= 11 is 6.07. The average molecular weight is 257 g/mol. The average Bonchev–Trinajstić information content (AvgIpc) is 2.56. The summed E-state index contributed by atoms with van der Waals surface area (Å²) in [6.07, 6.45) is 7.75. The van der Waals surface area contributed by atoms with Crippen LogP contribution in [0, 0.1) is 16.7 Å². The van der Waals surface area contributed by atoms with Gasteiger partial charge in [0, 0.05) is 19.3 Å². The van der Waals surface area contributed by atoms with Gasteiger partial charge in [0.2, 0.25) is 5.91 Å². The fraction of sp³-hybridized carbons (Fsp3) is 0.846. The number of likely N-dealkylation sites (tertiary alicyclic amines) is 1. The van der Waals surface area contributed by atoms with E-state index in [1.54, 1.807) is 7.05 Å². The number of carbonyl (C=O) groups is 1. The van der Waals surface area contributed by atoms with E-state index in [4.69, 9.17) is 17.0 Å². The number of amidine groups is 1. The predicted molar refractivity (Wildman–Crippen MR) is 69.5 cm³/mol. The van der Waals surface area contributed by atoms with Crippen LogP contribution in [-0.2, 0) is 4.79 Å². The van der Waals surface area contributed by atoms with Gasteiger partial charge in [-0.1, -0.05) is 32.1 Å². The standard InChI is InChI=1S/C13H21ClN2O/c1-16-11(15)8-13(9-14,12(16)17)7-10-5-3-2-4-6-10/h10,15H,2-9H2,1H3. The predicted octanol–water partition coefficient (Wildman–Crippen LogP) is 3.02. The van der Waals surface area contributed by atoms with Crippen LogP contribution in [0.1, 0.15) is 44.9 Å². The van der Waals surface area contributed by atoms with Crippen molar-refractivity contribution in [3.63, 3.8) is 0 Å². The van der Waals surface area contributed by atoms with E-state index < -0.39 is 5.41 Å². The second kappa shape index (κ2) is 4.97. The second-order valence-corrected chi connectivity index (χ2v) is 5.88. The SMILES string of the molecule is CN1C(=N)CC(CCl)(CC2CCCCC2)C1=O. The lowest BCUT2D eigenvalue weighted by molar-refractivity contribution is -0.133. The summed E-state index contributed by atoms with van der Waals surface area (Å²) in [7, 11) is 1.69. The molecule has 96 valence electrons. The minimum absolute atomic E-state index is 0.0584. The Morgan fingerprint density at radius 3 is 2.53 bits per heavy atom. The van der Waals surface area contributed by atoms with Crippen molar-refractivity contribution in [2.75, 3.05) is 12.9 Å². The molecule has 2 aliphatic rings. The molecule has 0 spiro atoms. The van der Waals surface area contributed by atoms with E-state index in [9.17, 15) is 4.79 Å². The Bertz CT molecular complexity index is 325. The van der Waals surface area contributed by atoms with Gasteiger partial charge in [-0.3, -0.25) is 10.2 Å². The number of nitrogens with one attached hydrogen (secondary N) is 1. The van der Waals surface area contributed by atoms with Gasteiger partial charge in [-0.05, 0) is 12.3 Å². The molecule has 0 aromatic carbocycles. The number of hydrogen-bond donors (Lipinski definition) is 1. The number of rotatable bonds is 3. The Labute approximate surface area is 108 Å². The summed E-state index contributed by atoms with van der Waals surface area (Å²) in [6.45, 7) is 0. The Morgan fingerprint density at radius 2 is 2.06 bits per heavy atom. The van der Waals surface area contributed by atoms with Crippen LogP contribution in [0.2, 0.25) is 0 Å². The van der Waals surface area contributed by atoms with E-state index >= 15 is 0 Å². The van der Waals surface area contributed by atoms with E-state index in [-0.39, 0.29) is 5.91 Å². The number of amides is 1. The van der Waals surface area contributed by atoms with Crippen LogP contribution in [0.4, 0.5) is 0 Å². The van der Waals surface area contributed by atoms with Crippen molar-refractivity contribution in [2.45, 2.75) is 44.9 Å². The fourth-order valence-corrected chi connectivity index (χ4v) is 3.57. The molecular formula is C13H21ClN2O. The molecule has 17 heavy (non-hydrogen) atoms. The molecule has 1 amide bonds. The molecule has 1 unspecified atom stereocenters. The molecule has 0 aromatic heterocycles. The highest BCUT2D eigenvalue weighted by Crippen LogP contribution is 2.42. The lowest BCUT2D eigenvalue weighted by atomic mass is 9.74. The molecule has 0 radical (unpaired) electrons. The maximum absolute atomic E-state index is 12.2.